The summed E-state index contributed by atoms with van der Waals surface area (Å²) in [5.74, 6) is 0.0341. The number of rotatable bonds is 2. The molecule has 0 unspecified atom stereocenters. The van der Waals surface area contributed by atoms with Gasteiger partial charge in [-0.3, -0.25) is 14.9 Å². The van der Waals surface area contributed by atoms with Gasteiger partial charge in [0.1, 0.15) is 0 Å². The first-order chi connectivity index (χ1) is 10.2. The number of hydrogen-bond acceptors (Lipinski definition) is 3. The molecule has 2 aromatic rings. The van der Waals surface area contributed by atoms with Crippen LogP contribution in [0.1, 0.15) is 23.1 Å². The van der Waals surface area contributed by atoms with Crippen LogP contribution in [0.2, 0.25) is 0 Å². The summed E-state index contributed by atoms with van der Waals surface area (Å²) in [6.45, 7) is 0. The van der Waals surface area contributed by atoms with Gasteiger partial charge >= 0.3 is 0 Å². The van der Waals surface area contributed by atoms with Gasteiger partial charge in [0.15, 0.2) is 5.78 Å². The largest absolute Gasteiger partial charge is 0.294 e. The molecule has 0 saturated heterocycles. The zero-order chi connectivity index (χ0) is 14.8. The number of carbonyl (C=O) groups is 1. The van der Waals surface area contributed by atoms with Crippen LogP contribution in [0, 0.1) is 10.1 Å². The Hall–Kier alpha value is -2.75. The van der Waals surface area contributed by atoms with Gasteiger partial charge in [0, 0.05) is 18.1 Å². The number of ketones is 1. The number of hydrogen-bond donors (Lipinski definition) is 0. The van der Waals surface area contributed by atoms with Crippen molar-refractivity contribution in [1.82, 2.24) is 0 Å². The van der Waals surface area contributed by atoms with Gasteiger partial charge in [0.25, 0.3) is 5.69 Å². The fraction of sp³-hybridized carbons (Fsp3) is 0.118. The molecule has 1 aliphatic rings. The Bertz CT molecular complexity index is 762. The summed E-state index contributed by atoms with van der Waals surface area (Å²) in [4.78, 5) is 22.9. The monoisotopic (exact) mass is 279 g/mol. The van der Waals surface area contributed by atoms with Crippen LogP contribution >= 0.6 is 0 Å². The quantitative estimate of drug-likeness (QED) is 0.479. The van der Waals surface area contributed by atoms with Crippen LogP contribution in [0.4, 0.5) is 5.69 Å². The smallest absolute Gasteiger partial charge is 0.276 e. The number of benzene rings is 2. The van der Waals surface area contributed by atoms with Crippen LogP contribution in [0.25, 0.3) is 11.6 Å². The molecule has 0 amide bonds. The highest BCUT2D eigenvalue weighted by molar-refractivity contribution is 6.26. The Balaban J connectivity index is 2.16. The number of aryl methyl sites for hydroxylation is 1. The van der Waals surface area contributed by atoms with Crippen molar-refractivity contribution in [2.75, 3.05) is 0 Å². The molecule has 4 heteroatoms. The fourth-order valence-corrected chi connectivity index (χ4v) is 2.62. The number of Topliss-reactive ketones (excluding diaryl/α,β-unsaturated/α-hetero) is 1. The van der Waals surface area contributed by atoms with Gasteiger partial charge in [-0.1, -0.05) is 36.4 Å². The highest BCUT2D eigenvalue weighted by atomic mass is 16.6. The first-order valence-electron chi connectivity index (χ1n) is 6.73. The molecule has 104 valence electrons. The highest BCUT2D eigenvalue weighted by Crippen LogP contribution is 2.31. The predicted molar refractivity (Wildman–Crippen MR) is 80.7 cm³/mol. The number of nitrogens with zero attached hydrogens (tertiary/aromatic N) is 1. The predicted octanol–water partition coefficient (Wildman–Crippen LogP) is 3.65. The van der Waals surface area contributed by atoms with Gasteiger partial charge in [-0.2, -0.15) is 0 Å². The fourth-order valence-electron chi connectivity index (χ4n) is 2.62. The zero-order valence-electron chi connectivity index (χ0n) is 11.3. The molecule has 0 heterocycles. The summed E-state index contributed by atoms with van der Waals surface area (Å²) < 4.78 is 0. The number of fused-ring (bicyclic) bond motifs is 1. The molecule has 0 aromatic heterocycles. The Morgan fingerprint density at radius 1 is 1.00 bits per heavy atom. The van der Waals surface area contributed by atoms with Gasteiger partial charge in [0.05, 0.1) is 10.5 Å². The topological polar surface area (TPSA) is 60.2 Å². The van der Waals surface area contributed by atoms with Gasteiger partial charge in [-0.15, -0.1) is 0 Å². The van der Waals surface area contributed by atoms with E-state index in [4.69, 9.17) is 0 Å². The molecule has 0 N–H and O–H groups in total. The number of allylic oxidation sites excluding steroid dienone is 1. The molecule has 0 saturated carbocycles. The summed E-state index contributed by atoms with van der Waals surface area (Å²) in [6, 6.07) is 14.2. The average Bonchev–Trinajstić information content (AvgIpc) is 2.50. The van der Waals surface area contributed by atoms with E-state index < -0.39 is 4.92 Å². The second-order valence-corrected chi connectivity index (χ2v) is 4.95. The van der Waals surface area contributed by atoms with Crippen LogP contribution in [0.15, 0.2) is 48.5 Å². The third-order valence-corrected chi connectivity index (χ3v) is 3.66. The number of nitro groups is 1. The minimum absolute atomic E-state index is 0.0147. The van der Waals surface area contributed by atoms with E-state index in [1.54, 1.807) is 24.3 Å². The summed E-state index contributed by atoms with van der Waals surface area (Å²) >= 11 is 0. The third kappa shape index (κ3) is 2.48. The Morgan fingerprint density at radius 2 is 1.71 bits per heavy atom. The lowest BCUT2D eigenvalue weighted by Crippen LogP contribution is -2.12. The van der Waals surface area contributed by atoms with E-state index in [0.29, 0.717) is 17.6 Å². The van der Waals surface area contributed by atoms with Crippen LogP contribution in [0.3, 0.4) is 0 Å². The minimum atomic E-state index is -0.425. The van der Waals surface area contributed by atoms with E-state index in [0.717, 1.165) is 17.5 Å². The van der Waals surface area contributed by atoms with Crippen molar-refractivity contribution in [1.29, 1.82) is 0 Å². The Kier molecular flexibility index (Phi) is 3.36. The van der Waals surface area contributed by atoms with Crippen molar-refractivity contribution in [2.24, 2.45) is 0 Å². The Labute approximate surface area is 121 Å². The molecule has 0 radical (unpaired) electrons. The summed E-state index contributed by atoms with van der Waals surface area (Å²) in [5, 5.41) is 11.1. The third-order valence-electron chi connectivity index (χ3n) is 3.66. The van der Waals surface area contributed by atoms with Gasteiger partial charge < -0.3 is 0 Å². The summed E-state index contributed by atoms with van der Waals surface area (Å²) in [7, 11) is 0. The van der Waals surface area contributed by atoms with Crippen molar-refractivity contribution in [2.45, 2.75) is 12.8 Å². The highest BCUT2D eigenvalue weighted by Gasteiger charge is 2.22. The van der Waals surface area contributed by atoms with Gasteiger partial charge in [0.2, 0.25) is 0 Å². The minimum Gasteiger partial charge on any atom is -0.294 e. The lowest BCUT2D eigenvalue weighted by molar-refractivity contribution is -0.385. The van der Waals surface area contributed by atoms with Crippen LogP contribution in [-0.4, -0.2) is 10.7 Å². The van der Waals surface area contributed by atoms with E-state index >= 15 is 0 Å². The molecule has 0 atom stereocenters. The van der Waals surface area contributed by atoms with Crippen LogP contribution < -0.4 is 0 Å². The molecule has 1 aliphatic carbocycles. The van der Waals surface area contributed by atoms with E-state index in [-0.39, 0.29) is 11.5 Å². The molecule has 0 fully saturated rings. The maximum absolute atomic E-state index is 12.2. The van der Waals surface area contributed by atoms with Crippen molar-refractivity contribution in [3.63, 3.8) is 0 Å². The van der Waals surface area contributed by atoms with Crippen molar-refractivity contribution < 1.29 is 9.72 Å². The lowest BCUT2D eigenvalue weighted by Gasteiger charge is -2.17. The van der Waals surface area contributed by atoms with Crippen molar-refractivity contribution >= 4 is 23.1 Å². The maximum atomic E-state index is 12.2. The van der Waals surface area contributed by atoms with E-state index in [1.165, 1.54) is 6.07 Å². The number of para-hydroxylation sites is 1. The first-order valence-corrected chi connectivity index (χ1v) is 6.73. The standard InChI is InChI=1S/C17H13NO3/c19-17-10-9-12-5-1-3-7-14(12)15(17)11-13-6-2-4-8-16(13)18(20)21/h1-8,11H,9-10H2. The molecule has 0 bridgehead atoms. The summed E-state index contributed by atoms with van der Waals surface area (Å²) in [5.41, 5.74) is 3.03. The molecule has 3 rings (SSSR count). The second-order valence-electron chi connectivity index (χ2n) is 4.95. The normalized spacial score (nSPS) is 15.8. The van der Waals surface area contributed by atoms with Crippen molar-refractivity contribution in [3.05, 3.63) is 75.3 Å². The number of carbonyl (C=O) groups excluding carboxylic acids is 1. The molecule has 21 heavy (non-hydrogen) atoms. The average molecular weight is 279 g/mol. The van der Waals surface area contributed by atoms with E-state index in [2.05, 4.69) is 0 Å². The number of nitro benzene ring substituents is 1. The maximum Gasteiger partial charge on any atom is 0.276 e. The van der Waals surface area contributed by atoms with Gasteiger partial charge in [-0.05, 0) is 29.7 Å². The lowest BCUT2D eigenvalue weighted by atomic mass is 9.85. The SMILES string of the molecule is O=C1CCc2ccccc2C1=Cc1ccccc1[N+](=O)[O-]. The molecule has 0 aliphatic heterocycles. The van der Waals surface area contributed by atoms with Crippen LogP contribution in [0.5, 0.6) is 0 Å². The molecular formula is C17H13NO3. The molecule has 4 nitrogen and oxygen atoms in total. The first kappa shape index (κ1) is 13.2. The Morgan fingerprint density at radius 3 is 2.52 bits per heavy atom. The van der Waals surface area contributed by atoms with Crippen molar-refractivity contribution in [3.8, 4) is 0 Å². The molecule has 2 aromatic carbocycles. The zero-order valence-corrected chi connectivity index (χ0v) is 11.3. The molecule has 0 spiro atoms. The van der Waals surface area contributed by atoms with Crippen LogP contribution in [-0.2, 0) is 11.2 Å². The molecular weight excluding hydrogens is 266 g/mol. The van der Waals surface area contributed by atoms with Gasteiger partial charge in [-0.25, -0.2) is 0 Å². The summed E-state index contributed by atoms with van der Waals surface area (Å²) in [6.07, 6.45) is 2.81. The second kappa shape index (κ2) is 5.32. The van der Waals surface area contributed by atoms with E-state index in [9.17, 15) is 14.9 Å². The van der Waals surface area contributed by atoms with E-state index in [1.807, 2.05) is 24.3 Å².